The minimum Gasteiger partial charge on any atom is -0.469 e. The molecule has 0 N–H and O–H groups in total. The van der Waals surface area contributed by atoms with E-state index in [1.165, 1.54) is 7.11 Å². The lowest BCUT2D eigenvalue weighted by molar-refractivity contribution is -0.140. The first kappa shape index (κ1) is 12.0. The molecule has 0 saturated carbocycles. The van der Waals surface area contributed by atoms with Gasteiger partial charge in [0.15, 0.2) is 0 Å². The third-order valence-electron chi connectivity index (χ3n) is 1.87. The summed E-state index contributed by atoms with van der Waals surface area (Å²) < 4.78 is 4.56. The van der Waals surface area contributed by atoms with Crippen molar-refractivity contribution in [3.8, 4) is 0 Å². The first-order valence-electron chi connectivity index (χ1n) is 4.83. The van der Waals surface area contributed by atoms with E-state index in [4.69, 9.17) is 0 Å². The van der Waals surface area contributed by atoms with Crippen molar-refractivity contribution in [1.82, 2.24) is 4.98 Å². The summed E-state index contributed by atoms with van der Waals surface area (Å²) >= 11 is 1.72. The van der Waals surface area contributed by atoms with E-state index in [9.17, 15) is 4.79 Å². The Bertz CT molecular complexity index is 328. The van der Waals surface area contributed by atoms with Crippen molar-refractivity contribution in [3.63, 3.8) is 0 Å². The molecule has 15 heavy (non-hydrogen) atoms. The molecule has 0 fully saturated rings. The quantitative estimate of drug-likeness (QED) is 0.438. The molecule has 0 amide bonds. The number of aromatic nitrogens is 1. The number of aryl methyl sites for hydroxylation is 1. The molecule has 82 valence electrons. The zero-order chi connectivity index (χ0) is 11.1. The van der Waals surface area contributed by atoms with Crippen molar-refractivity contribution in [3.05, 3.63) is 24.0 Å². The zero-order valence-electron chi connectivity index (χ0n) is 9.03. The summed E-state index contributed by atoms with van der Waals surface area (Å²) in [6, 6.07) is 2.09. The van der Waals surface area contributed by atoms with Crippen LogP contribution in [0.3, 0.4) is 0 Å². The van der Waals surface area contributed by atoms with Crippen molar-refractivity contribution in [2.75, 3.05) is 12.9 Å². The summed E-state index contributed by atoms with van der Waals surface area (Å²) in [6.07, 6.45) is 5.00. The molecule has 0 bridgehead atoms. The van der Waals surface area contributed by atoms with Gasteiger partial charge in [0.25, 0.3) is 0 Å². The molecule has 0 radical (unpaired) electrons. The van der Waals surface area contributed by atoms with Crippen LogP contribution in [0.15, 0.2) is 23.4 Å². The van der Waals surface area contributed by atoms with Gasteiger partial charge in [0.1, 0.15) is 0 Å². The van der Waals surface area contributed by atoms with Gasteiger partial charge in [-0.2, -0.15) is 0 Å². The van der Waals surface area contributed by atoms with Crippen LogP contribution in [0.1, 0.15) is 18.4 Å². The molecule has 1 heterocycles. The molecule has 0 spiro atoms. The normalized spacial score (nSPS) is 10.0. The standard InChI is InChI=1S/C11H15NO2S/c1-9-6-10(8-12-7-9)15-5-3-4-11(13)14-2/h6-8H,3-5H2,1-2H3. The Morgan fingerprint density at radius 1 is 1.53 bits per heavy atom. The van der Waals surface area contributed by atoms with Gasteiger partial charge in [-0.3, -0.25) is 9.78 Å². The topological polar surface area (TPSA) is 39.2 Å². The Morgan fingerprint density at radius 2 is 2.33 bits per heavy atom. The maximum absolute atomic E-state index is 10.8. The van der Waals surface area contributed by atoms with E-state index in [-0.39, 0.29) is 5.97 Å². The van der Waals surface area contributed by atoms with Crippen LogP contribution >= 0.6 is 11.8 Å². The molecule has 0 aliphatic heterocycles. The van der Waals surface area contributed by atoms with Gasteiger partial charge in [-0.1, -0.05) is 0 Å². The highest BCUT2D eigenvalue weighted by atomic mass is 32.2. The smallest absolute Gasteiger partial charge is 0.305 e. The first-order chi connectivity index (χ1) is 7.22. The van der Waals surface area contributed by atoms with Crippen molar-refractivity contribution < 1.29 is 9.53 Å². The van der Waals surface area contributed by atoms with Gasteiger partial charge in [0.05, 0.1) is 7.11 Å². The van der Waals surface area contributed by atoms with Crippen LogP contribution in [0.2, 0.25) is 0 Å². The summed E-state index contributed by atoms with van der Waals surface area (Å²) in [7, 11) is 1.42. The monoisotopic (exact) mass is 225 g/mol. The van der Waals surface area contributed by atoms with Gasteiger partial charge in [-0.25, -0.2) is 0 Å². The highest BCUT2D eigenvalue weighted by molar-refractivity contribution is 7.99. The number of ether oxygens (including phenoxy) is 1. The second-order valence-electron chi connectivity index (χ2n) is 3.23. The maximum Gasteiger partial charge on any atom is 0.305 e. The molecule has 4 heteroatoms. The lowest BCUT2D eigenvalue weighted by Gasteiger charge is -2.01. The second-order valence-corrected chi connectivity index (χ2v) is 4.39. The summed E-state index contributed by atoms with van der Waals surface area (Å²) in [5.41, 5.74) is 1.16. The van der Waals surface area contributed by atoms with Crippen LogP contribution in [-0.4, -0.2) is 23.8 Å². The van der Waals surface area contributed by atoms with E-state index >= 15 is 0 Å². The fourth-order valence-corrected chi connectivity index (χ4v) is 2.04. The van der Waals surface area contributed by atoms with Crippen molar-refractivity contribution in [2.24, 2.45) is 0 Å². The Morgan fingerprint density at radius 3 is 3.00 bits per heavy atom. The molecule has 0 aliphatic rings. The molecule has 1 aromatic rings. The van der Waals surface area contributed by atoms with Crippen LogP contribution in [0, 0.1) is 6.92 Å². The summed E-state index contributed by atoms with van der Waals surface area (Å²) in [5, 5.41) is 0. The number of rotatable bonds is 5. The predicted octanol–water partition coefficient (Wildman–Crippen LogP) is 2.44. The van der Waals surface area contributed by atoms with Gasteiger partial charge in [-0.05, 0) is 30.7 Å². The number of methoxy groups -OCH3 is 1. The summed E-state index contributed by atoms with van der Waals surface area (Å²) in [4.78, 5) is 16.1. The fourth-order valence-electron chi connectivity index (χ4n) is 1.11. The Hall–Kier alpha value is -1.03. The molecule has 0 saturated heterocycles. The average Bonchev–Trinajstić information content (AvgIpc) is 2.24. The molecule has 1 rings (SSSR count). The number of hydrogen-bond acceptors (Lipinski definition) is 4. The van der Waals surface area contributed by atoms with E-state index in [2.05, 4.69) is 15.8 Å². The highest BCUT2D eigenvalue weighted by Crippen LogP contribution is 2.18. The Balaban J connectivity index is 2.23. The van der Waals surface area contributed by atoms with Crippen molar-refractivity contribution in [1.29, 1.82) is 0 Å². The van der Waals surface area contributed by atoms with Gasteiger partial charge in [0, 0.05) is 23.7 Å². The van der Waals surface area contributed by atoms with Gasteiger partial charge in [0.2, 0.25) is 0 Å². The number of hydrogen-bond donors (Lipinski definition) is 0. The lowest BCUT2D eigenvalue weighted by Crippen LogP contribution is -1.99. The molecule has 0 aliphatic carbocycles. The zero-order valence-corrected chi connectivity index (χ0v) is 9.84. The highest BCUT2D eigenvalue weighted by Gasteiger charge is 2.00. The summed E-state index contributed by atoms with van der Waals surface area (Å²) in [5.74, 6) is 0.776. The third-order valence-corrected chi connectivity index (χ3v) is 2.92. The van der Waals surface area contributed by atoms with E-state index in [1.807, 2.05) is 19.3 Å². The first-order valence-corrected chi connectivity index (χ1v) is 5.82. The average molecular weight is 225 g/mol. The molecule has 1 aromatic heterocycles. The van der Waals surface area contributed by atoms with E-state index in [0.29, 0.717) is 6.42 Å². The van der Waals surface area contributed by atoms with E-state index in [0.717, 1.165) is 22.6 Å². The van der Waals surface area contributed by atoms with Crippen LogP contribution < -0.4 is 0 Å². The Kier molecular flexibility index (Phi) is 5.18. The second kappa shape index (κ2) is 6.45. The predicted molar refractivity (Wildman–Crippen MR) is 60.9 cm³/mol. The number of esters is 1. The molecule has 3 nitrogen and oxygen atoms in total. The van der Waals surface area contributed by atoms with Crippen LogP contribution in [0.5, 0.6) is 0 Å². The minimum atomic E-state index is -0.141. The third kappa shape index (κ3) is 4.83. The number of pyridine rings is 1. The number of carbonyl (C=O) groups is 1. The van der Waals surface area contributed by atoms with Crippen LogP contribution in [-0.2, 0) is 9.53 Å². The van der Waals surface area contributed by atoms with Gasteiger partial charge >= 0.3 is 5.97 Å². The fraction of sp³-hybridized carbons (Fsp3) is 0.455. The summed E-state index contributed by atoms with van der Waals surface area (Å²) in [6.45, 7) is 2.02. The minimum absolute atomic E-state index is 0.141. The molecule has 0 unspecified atom stereocenters. The van der Waals surface area contributed by atoms with Gasteiger partial charge in [-0.15, -0.1) is 11.8 Å². The lowest BCUT2D eigenvalue weighted by atomic mass is 10.3. The molecular formula is C11H15NO2S. The number of thioether (sulfide) groups is 1. The van der Waals surface area contributed by atoms with Crippen molar-refractivity contribution in [2.45, 2.75) is 24.7 Å². The number of nitrogens with zero attached hydrogens (tertiary/aromatic N) is 1. The van der Waals surface area contributed by atoms with Crippen molar-refractivity contribution >= 4 is 17.7 Å². The molecule has 0 atom stereocenters. The largest absolute Gasteiger partial charge is 0.469 e. The van der Waals surface area contributed by atoms with E-state index in [1.54, 1.807) is 11.8 Å². The van der Waals surface area contributed by atoms with E-state index < -0.39 is 0 Å². The molecule has 0 aromatic carbocycles. The maximum atomic E-state index is 10.8. The van der Waals surface area contributed by atoms with Crippen LogP contribution in [0.25, 0.3) is 0 Å². The Labute approximate surface area is 94.2 Å². The molecular weight excluding hydrogens is 210 g/mol. The van der Waals surface area contributed by atoms with Crippen LogP contribution in [0.4, 0.5) is 0 Å². The van der Waals surface area contributed by atoms with Gasteiger partial charge < -0.3 is 4.74 Å². The number of carbonyl (C=O) groups excluding carboxylic acids is 1. The SMILES string of the molecule is COC(=O)CCCSc1cncc(C)c1.